The summed E-state index contributed by atoms with van der Waals surface area (Å²) in [6.45, 7) is 0.427. The molecule has 2 heterocycles. The van der Waals surface area contributed by atoms with Gasteiger partial charge in [0.25, 0.3) is 0 Å². The second-order valence-corrected chi connectivity index (χ2v) is 6.46. The number of piperidine rings is 1. The summed E-state index contributed by atoms with van der Waals surface area (Å²) in [7, 11) is -3.70. The second-order valence-electron chi connectivity index (χ2n) is 4.26. The molecule has 1 atom stereocenters. The first-order valence-corrected chi connectivity index (χ1v) is 7.71. The predicted molar refractivity (Wildman–Crippen MR) is 66.4 cm³/mol. The number of halogens is 2. The van der Waals surface area contributed by atoms with Gasteiger partial charge in [0, 0.05) is 24.7 Å². The van der Waals surface area contributed by atoms with Crippen molar-refractivity contribution in [2.75, 3.05) is 12.4 Å². The van der Waals surface area contributed by atoms with Gasteiger partial charge >= 0.3 is 0 Å². The van der Waals surface area contributed by atoms with Crippen LogP contribution in [0.4, 0.5) is 4.39 Å². The van der Waals surface area contributed by atoms with E-state index < -0.39 is 15.8 Å². The van der Waals surface area contributed by atoms with Crippen molar-refractivity contribution in [3.8, 4) is 0 Å². The first-order chi connectivity index (χ1) is 8.55. The summed E-state index contributed by atoms with van der Waals surface area (Å²) >= 11 is 5.80. The number of alkyl halides is 1. The van der Waals surface area contributed by atoms with Gasteiger partial charge in [-0.25, -0.2) is 12.8 Å². The van der Waals surface area contributed by atoms with Gasteiger partial charge in [0.15, 0.2) is 0 Å². The van der Waals surface area contributed by atoms with Crippen LogP contribution in [0.15, 0.2) is 23.4 Å². The Morgan fingerprint density at radius 3 is 2.89 bits per heavy atom. The van der Waals surface area contributed by atoms with Crippen LogP contribution in [0.1, 0.15) is 19.3 Å². The highest BCUT2D eigenvalue weighted by Crippen LogP contribution is 2.25. The number of aromatic nitrogens is 1. The summed E-state index contributed by atoms with van der Waals surface area (Å²) in [4.78, 5) is 3.47. The van der Waals surface area contributed by atoms with Crippen molar-refractivity contribution in [3.63, 3.8) is 0 Å². The lowest BCUT2D eigenvalue weighted by molar-refractivity contribution is 0.271. The summed E-state index contributed by atoms with van der Waals surface area (Å²) in [5.74, 6) is -0.405. The van der Waals surface area contributed by atoms with Gasteiger partial charge in [0.2, 0.25) is 10.0 Å². The molecule has 0 N–H and O–H groups in total. The number of sulfonamides is 1. The maximum absolute atomic E-state index is 13.1. The first kappa shape index (κ1) is 13.7. The van der Waals surface area contributed by atoms with Crippen molar-refractivity contribution in [2.45, 2.75) is 30.2 Å². The van der Waals surface area contributed by atoms with Gasteiger partial charge in [0.1, 0.15) is 10.7 Å². The molecular formula is C11H14ClFN2O2S. The van der Waals surface area contributed by atoms with E-state index in [1.807, 2.05) is 0 Å². The predicted octanol–water partition coefficient (Wildman–Crippen LogP) is 2.00. The highest BCUT2D eigenvalue weighted by molar-refractivity contribution is 7.89. The zero-order chi connectivity index (χ0) is 13.2. The van der Waals surface area contributed by atoms with Crippen molar-refractivity contribution in [3.05, 3.63) is 24.3 Å². The lowest BCUT2D eigenvalue weighted by atomic mass is 10.1. The zero-order valence-electron chi connectivity index (χ0n) is 9.72. The molecule has 100 valence electrons. The molecule has 18 heavy (non-hydrogen) atoms. The van der Waals surface area contributed by atoms with Gasteiger partial charge < -0.3 is 0 Å². The lowest BCUT2D eigenvalue weighted by Gasteiger charge is -2.33. The van der Waals surface area contributed by atoms with E-state index in [2.05, 4.69) is 4.98 Å². The van der Waals surface area contributed by atoms with Crippen LogP contribution >= 0.6 is 11.6 Å². The third kappa shape index (κ3) is 2.65. The average Bonchev–Trinajstić information content (AvgIpc) is 2.38. The molecule has 2 rings (SSSR count). The molecule has 1 aromatic heterocycles. The Bertz CT molecular complexity index is 524. The largest absolute Gasteiger partial charge is 0.260 e. The monoisotopic (exact) mass is 292 g/mol. The maximum Gasteiger partial charge on any atom is 0.245 e. The van der Waals surface area contributed by atoms with E-state index in [4.69, 9.17) is 11.6 Å². The van der Waals surface area contributed by atoms with E-state index in [0.717, 1.165) is 37.7 Å². The molecule has 0 aliphatic carbocycles. The van der Waals surface area contributed by atoms with Gasteiger partial charge in [-0.1, -0.05) is 6.42 Å². The number of nitrogens with zero attached hydrogens (tertiary/aromatic N) is 2. The van der Waals surface area contributed by atoms with Crippen molar-refractivity contribution in [1.82, 2.24) is 9.29 Å². The van der Waals surface area contributed by atoms with Crippen LogP contribution in [-0.4, -0.2) is 36.2 Å². The third-order valence-electron chi connectivity index (χ3n) is 3.04. The Balaban J connectivity index is 2.35. The molecule has 0 bridgehead atoms. The van der Waals surface area contributed by atoms with Crippen molar-refractivity contribution in [1.29, 1.82) is 0 Å². The van der Waals surface area contributed by atoms with Crippen LogP contribution in [0, 0.1) is 5.82 Å². The number of hydrogen-bond donors (Lipinski definition) is 0. The molecule has 1 aliphatic heterocycles. The third-order valence-corrected chi connectivity index (χ3v) is 5.31. The molecule has 4 nitrogen and oxygen atoms in total. The Hall–Kier alpha value is -0.720. The minimum Gasteiger partial charge on any atom is -0.260 e. The van der Waals surface area contributed by atoms with Crippen LogP contribution in [0.3, 0.4) is 0 Å². The minimum absolute atomic E-state index is 0.112. The fourth-order valence-corrected chi connectivity index (χ4v) is 4.18. The fraction of sp³-hybridized carbons (Fsp3) is 0.545. The Morgan fingerprint density at radius 2 is 2.22 bits per heavy atom. The van der Waals surface area contributed by atoms with Gasteiger partial charge in [0.05, 0.1) is 6.20 Å². The summed E-state index contributed by atoms with van der Waals surface area (Å²) in [5, 5.41) is 0. The van der Waals surface area contributed by atoms with Crippen molar-refractivity contribution < 1.29 is 12.8 Å². The fourth-order valence-electron chi connectivity index (χ4n) is 2.11. The molecule has 0 radical (unpaired) electrons. The van der Waals surface area contributed by atoms with Crippen molar-refractivity contribution >= 4 is 21.6 Å². The van der Waals surface area contributed by atoms with E-state index in [-0.39, 0.29) is 16.8 Å². The number of rotatable bonds is 3. The number of hydrogen-bond acceptors (Lipinski definition) is 3. The Kier molecular flexibility index (Phi) is 4.19. The average molecular weight is 293 g/mol. The van der Waals surface area contributed by atoms with E-state index >= 15 is 0 Å². The van der Waals surface area contributed by atoms with Crippen molar-refractivity contribution in [2.24, 2.45) is 0 Å². The molecule has 0 aromatic carbocycles. The SMILES string of the molecule is O=S(=O)(c1cncc(F)c1)N1CCCCC1CCl. The Morgan fingerprint density at radius 1 is 1.44 bits per heavy atom. The standard InChI is InChI=1S/C11H14ClFN2O2S/c12-6-10-3-1-2-4-15(10)18(16,17)11-5-9(13)7-14-8-11/h5,7-8,10H,1-4,6H2. The van der Waals surface area contributed by atoms with Gasteiger partial charge in [-0.05, 0) is 18.9 Å². The quantitative estimate of drug-likeness (QED) is 0.801. The molecule has 7 heteroatoms. The minimum atomic E-state index is -3.70. The van der Waals surface area contributed by atoms with Crippen LogP contribution in [0.2, 0.25) is 0 Å². The van der Waals surface area contributed by atoms with E-state index in [0.29, 0.717) is 6.54 Å². The summed E-state index contributed by atoms with van der Waals surface area (Å²) in [6.07, 6.45) is 4.65. The van der Waals surface area contributed by atoms with E-state index in [9.17, 15) is 12.8 Å². The first-order valence-electron chi connectivity index (χ1n) is 5.74. The van der Waals surface area contributed by atoms with E-state index in [1.165, 1.54) is 4.31 Å². The van der Waals surface area contributed by atoms with Crippen LogP contribution in [-0.2, 0) is 10.0 Å². The number of pyridine rings is 1. The maximum atomic E-state index is 13.1. The molecule has 0 saturated carbocycles. The van der Waals surface area contributed by atoms with Crippen LogP contribution in [0.5, 0.6) is 0 Å². The van der Waals surface area contributed by atoms with Gasteiger partial charge in [-0.3, -0.25) is 4.98 Å². The Labute approximate surface area is 111 Å². The zero-order valence-corrected chi connectivity index (χ0v) is 11.3. The van der Waals surface area contributed by atoms with Crippen LogP contribution in [0.25, 0.3) is 0 Å². The highest BCUT2D eigenvalue weighted by Gasteiger charge is 2.33. The normalized spacial score (nSPS) is 22.0. The molecule has 0 amide bonds. The second kappa shape index (κ2) is 5.50. The highest BCUT2D eigenvalue weighted by atomic mass is 35.5. The molecule has 1 saturated heterocycles. The van der Waals surface area contributed by atoms with Gasteiger partial charge in [-0.2, -0.15) is 4.31 Å². The topological polar surface area (TPSA) is 50.3 Å². The van der Waals surface area contributed by atoms with Gasteiger partial charge in [-0.15, -0.1) is 11.6 Å². The molecule has 1 aliphatic rings. The summed E-state index contributed by atoms with van der Waals surface area (Å²) < 4.78 is 39.2. The summed E-state index contributed by atoms with van der Waals surface area (Å²) in [6, 6.07) is 0.774. The molecule has 1 unspecified atom stereocenters. The molecule has 1 aromatic rings. The molecule has 1 fully saturated rings. The molecular weight excluding hydrogens is 279 g/mol. The smallest absolute Gasteiger partial charge is 0.245 e. The van der Waals surface area contributed by atoms with Crippen LogP contribution < -0.4 is 0 Å². The molecule has 0 spiro atoms. The lowest BCUT2D eigenvalue weighted by Crippen LogP contribution is -2.44. The summed E-state index contributed by atoms with van der Waals surface area (Å²) in [5.41, 5.74) is 0. The van der Waals surface area contributed by atoms with E-state index in [1.54, 1.807) is 0 Å².